The van der Waals surface area contributed by atoms with Crippen molar-refractivity contribution in [2.45, 2.75) is 13.0 Å². The lowest BCUT2D eigenvalue weighted by Gasteiger charge is -2.10. The smallest absolute Gasteiger partial charge is 0.338 e. The Balaban J connectivity index is 2.66. The van der Waals surface area contributed by atoms with E-state index in [0.717, 1.165) is 4.47 Å². The summed E-state index contributed by atoms with van der Waals surface area (Å²) in [7, 11) is 1.57. The van der Waals surface area contributed by atoms with E-state index in [1.807, 2.05) is 6.92 Å². The first kappa shape index (κ1) is 13.0. The number of esters is 1. The first-order valence-corrected chi connectivity index (χ1v) is 5.58. The maximum atomic E-state index is 11.6. The fourth-order valence-electron chi connectivity index (χ4n) is 1.07. The molecule has 16 heavy (non-hydrogen) atoms. The normalized spacial score (nSPS) is 12.2. The second kappa shape index (κ2) is 5.86. The van der Waals surface area contributed by atoms with Gasteiger partial charge < -0.3 is 15.2 Å². The van der Waals surface area contributed by atoms with E-state index in [2.05, 4.69) is 15.9 Å². The van der Waals surface area contributed by atoms with Gasteiger partial charge >= 0.3 is 5.97 Å². The van der Waals surface area contributed by atoms with Gasteiger partial charge in [-0.2, -0.15) is 0 Å². The Kier molecular flexibility index (Phi) is 4.76. The van der Waals surface area contributed by atoms with Gasteiger partial charge in [-0.3, -0.25) is 0 Å². The lowest BCUT2D eigenvalue weighted by molar-refractivity contribution is 0.0169. The molecule has 0 saturated carbocycles. The highest BCUT2D eigenvalue weighted by atomic mass is 79.9. The molecule has 0 aromatic heterocycles. The molecule has 1 aromatic rings. The fraction of sp³-hybridized carbons (Fsp3) is 0.364. The van der Waals surface area contributed by atoms with Crippen LogP contribution in [0.3, 0.4) is 0 Å². The number of halogens is 1. The van der Waals surface area contributed by atoms with E-state index < -0.39 is 5.97 Å². The summed E-state index contributed by atoms with van der Waals surface area (Å²) in [6.45, 7) is 2.05. The van der Waals surface area contributed by atoms with Gasteiger partial charge in [0.05, 0.1) is 11.7 Å². The van der Waals surface area contributed by atoms with Crippen LogP contribution in [-0.4, -0.2) is 25.8 Å². The molecule has 1 atom stereocenters. The standard InChI is InChI=1S/C11H14BrNO3/c1-7(15-2)6-16-11(14)8-3-9(12)5-10(13)4-8/h3-5,7H,6,13H2,1-2H3. The van der Waals surface area contributed by atoms with E-state index in [1.165, 1.54) is 0 Å². The molecule has 0 amide bonds. The molecular formula is C11H14BrNO3. The van der Waals surface area contributed by atoms with E-state index in [0.29, 0.717) is 11.3 Å². The number of rotatable bonds is 4. The Bertz CT molecular complexity index is 361. The minimum atomic E-state index is -0.406. The molecule has 1 unspecified atom stereocenters. The SMILES string of the molecule is COC(C)COC(=O)c1cc(N)cc(Br)c1. The van der Waals surface area contributed by atoms with E-state index >= 15 is 0 Å². The van der Waals surface area contributed by atoms with Crippen molar-refractivity contribution in [3.8, 4) is 0 Å². The molecule has 0 spiro atoms. The van der Waals surface area contributed by atoms with E-state index in [4.69, 9.17) is 15.2 Å². The van der Waals surface area contributed by atoms with Crippen LogP contribution in [0.5, 0.6) is 0 Å². The number of benzene rings is 1. The third-order valence-corrected chi connectivity index (χ3v) is 2.47. The van der Waals surface area contributed by atoms with Crippen LogP contribution in [0.4, 0.5) is 5.69 Å². The molecule has 4 nitrogen and oxygen atoms in total. The summed E-state index contributed by atoms with van der Waals surface area (Å²) in [5.41, 5.74) is 6.56. The Morgan fingerprint density at radius 1 is 1.50 bits per heavy atom. The number of methoxy groups -OCH3 is 1. The Morgan fingerprint density at radius 3 is 2.75 bits per heavy atom. The molecule has 0 heterocycles. The first-order chi connectivity index (χ1) is 7.52. The van der Waals surface area contributed by atoms with Crippen LogP contribution >= 0.6 is 15.9 Å². The summed E-state index contributed by atoms with van der Waals surface area (Å²) in [4.78, 5) is 11.6. The van der Waals surface area contributed by atoms with Gasteiger partial charge in [0.25, 0.3) is 0 Å². The second-order valence-corrected chi connectivity index (χ2v) is 4.33. The molecule has 0 aliphatic heterocycles. The maximum Gasteiger partial charge on any atom is 0.338 e. The van der Waals surface area contributed by atoms with Crippen LogP contribution in [0.25, 0.3) is 0 Å². The molecule has 1 rings (SSSR count). The van der Waals surface area contributed by atoms with Crippen LogP contribution in [0, 0.1) is 0 Å². The number of nitrogen functional groups attached to an aromatic ring is 1. The van der Waals surface area contributed by atoms with Crippen molar-refractivity contribution in [2.24, 2.45) is 0 Å². The highest BCUT2D eigenvalue weighted by Crippen LogP contribution is 2.18. The summed E-state index contributed by atoms with van der Waals surface area (Å²) in [5, 5.41) is 0. The lowest BCUT2D eigenvalue weighted by Crippen LogP contribution is -2.17. The molecule has 0 aliphatic rings. The number of ether oxygens (including phenoxy) is 2. The number of hydrogen-bond acceptors (Lipinski definition) is 4. The van der Waals surface area contributed by atoms with Crippen molar-refractivity contribution in [3.63, 3.8) is 0 Å². The van der Waals surface area contributed by atoms with Gasteiger partial charge in [-0.25, -0.2) is 4.79 Å². The molecule has 0 fully saturated rings. The van der Waals surface area contributed by atoms with Crippen molar-refractivity contribution >= 4 is 27.6 Å². The number of carbonyl (C=O) groups excluding carboxylic acids is 1. The van der Waals surface area contributed by atoms with Gasteiger partial charge in [-0.1, -0.05) is 15.9 Å². The van der Waals surface area contributed by atoms with Gasteiger partial charge in [0.2, 0.25) is 0 Å². The minimum absolute atomic E-state index is 0.117. The number of carbonyl (C=O) groups is 1. The zero-order valence-corrected chi connectivity index (χ0v) is 10.8. The summed E-state index contributed by atoms with van der Waals surface area (Å²) in [5.74, 6) is -0.406. The number of hydrogen-bond donors (Lipinski definition) is 1. The van der Waals surface area contributed by atoms with E-state index in [9.17, 15) is 4.79 Å². The predicted octanol–water partition coefficient (Wildman–Crippen LogP) is 2.22. The highest BCUT2D eigenvalue weighted by Gasteiger charge is 2.10. The van der Waals surface area contributed by atoms with E-state index in [1.54, 1.807) is 25.3 Å². The van der Waals surface area contributed by atoms with E-state index in [-0.39, 0.29) is 12.7 Å². The number of nitrogens with two attached hydrogens (primary N) is 1. The second-order valence-electron chi connectivity index (χ2n) is 3.42. The molecule has 1 aromatic carbocycles. The fourth-order valence-corrected chi connectivity index (χ4v) is 1.59. The van der Waals surface area contributed by atoms with Crippen molar-refractivity contribution in [2.75, 3.05) is 19.5 Å². The third-order valence-electron chi connectivity index (χ3n) is 2.01. The molecule has 0 saturated heterocycles. The summed E-state index contributed by atoms with van der Waals surface area (Å²) < 4.78 is 10.8. The van der Waals surface area contributed by atoms with Crippen LogP contribution in [-0.2, 0) is 9.47 Å². The minimum Gasteiger partial charge on any atom is -0.459 e. The zero-order chi connectivity index (χ0) is 12.1. The van der Waals surface area contributed by atoms with Gasteiger partial charge in [0.1, 0.15) is 6.61 Å². The quantitative estimate of drug-likeness (QED) is 0.681. The molecular weight excluding hydrogens is 274 g/mol. The average Bonchev–Trinajstić information content (AvgIpc) is 2.23. The topological polar surface area (TPSA) is 61.5 Å². The molecule has 0 aliphatic carbocycles. The lowest BCUT2D eigenvalue weighted by atomic mass is 10.2. The van der Waals surface area contributed by atoms with Gasteiger partial charge in [0, 0.05) is 17.3 Å². The number of anilines is 1. The highest BCUT2D eigenvalue weighted by molar-refractivity contribution is 9.10. The van der Waals surface area contributed by atoms with Gasteiger partial charge in [-0.15, -0.1) is 0 Å². The van der Waals surface area contributed by atoms with Crippen LogP contribution in [0.15, 0.2) is 22.7 Å². The molecule has 0 radical (unpaired) electrons. The summed E-state index contributed by atoms with van der Waals surface area (Å²) in [6, 6.07) is 4.95. The van der Waals surface area contributed by atoms with Crippen molar-refractivity contribution in [1.82, 2.24) is 0 Å². The van der Waals surface area contributed by atoms with Crippen LogP contribution in [0.1, 0.15) is 17.3 Å². The van der Waals surface area contributed by atoms with Gasteiger partial charge in [-0.05, 0) is 25.1 Å². The molecule has 2 N–H and O–H groups in total. The predicted molar refractivity (Wildman–Crippen MR) is 65.3 cm³/mol. The van der Waals surface area contributed by atoms with Crippen LogP contribution < -0.4 is 5.73 Å². The monoisotopic (exact) mass is 287 g/mol. The maximum absolute atomic E-state index is 11.6. The van der Waals surface area contributed by atoms with Crippen molar-refractivity contribution in [3.05, 3.63) is 28.2 Å². The Labute approximate surface area is 103 Å². The average molecular weight is 288 g/mol. The zero-order valence-electron chi connectivity index (χ0n) is 9.20. The molecule has 5 heteroatoms. The molecule has 0 bridgehead atoms. The Hall–Kier alpha value is -1.07. The molecule has 88 valence electrons. The summed E-state index contributed by atoms with van der Waals surface area (Å²) >= 11 is 3.26. The van der Waals surface area contributed by atoms with Crippen molar-refractivity contribution < 1.29 is 14.3 Å². The Morgan fingerprint density at radius 2 is 2.19 bits per heavy atom. The van der Waals surface area contributed by atoms with Crippen molar-refractivity contribution in [1.29, 1.82) is 0 Å². The van der Waals surface area contributed by atoms with Gasteiger partial charge in [0.15, 0.2) is 0 Å². The first-order valence-electron chi connectivity index (χ1n) is 4.79. The largest absolute Gasteiger partial charge is 0.459 e. The van der Waals surface area contributed by atoms with Crippen LogP contribution in [0.2, 0.25) is 0 Å². The third kappa shape index (κ3) is 3.83. The summed E-state index contributed by atoms with van der Waals surface area (Å²) in [6.07, 6.45) is -0.117.